The monoisotopic (exact) mass is 122 g/mol. The minimum absolute atomic E-state index is 0.280. The van der Waals surface area contributed by atoms with Crippen LogP contribution in [0.15, 0.2) is 24.3 Å². The molecule has 1 N–H and O–H groups in total. The first kappa shape index (κ1) is 5.95. The third-order valence-corrected chi connectivity index (χ3v) is 1.11. The quantitative estimate of drug-likeness (QED) is 0.597. The minimum Gasteiger partial charge on any atom is -0.508 e. The van der Waals surface area contributed by atoms with Gasteiger partial charge in [-0.1, -0.05) is 0 Å². The molecule has 0 spiro atoms. The van der Waals surface area contributed by atoms with Crippen molar-refractivity contribution in [2.45, 2.75) is 0 Å². The topological polar surface area (TPSA) is 34.3 Å². The van der Waals surface area contributed by atoms with Gasteiger partial charge >= 0.3 is 0 Å². The predicted molar refractivity (Wildman–Crippen MR) is 35.8 cm³/mol. The average molecular weight is 122 g/mol. The fourth-order valence-corrected chi connectivity index (χ4v) is 0.602. The van der Waals surface area contributed by atoms with Crippen molar-refractivity contribution < 1.29 is 5.11 Å². The Morgan fingerprint density at radius 3 is 2.22 bits per heavy atom. The van der Waals surface area contributed by atoms with Crippen LogP contribution >= 0.6 is 0 Å². The van der Waals surface area contributed by atoms with E-state index in [9.17, 15) is 0 Å². The van der Waals surface area contributed by atoms with Crippen LogP contribution in [0.2, 0.25) is 0 Å². The number of phenolic OH excluding ortho intramolecular Hbond substituents is 1. The van der Waals surface area contributed by atoms with Crippen molar-refractivity contribution in [3.8, 4) is 5.75 Å². The summed E-state index contributed by atoms with van der Waals surface area (Å²) in [6.07, 6.45) is 0. The van der Waals surface area contributed by atoms with Gasteiger partial charge in [-0.3, -0.25) is 5.32 Å². The van der Waals surface area contributed by atoms with E-state index in [2.05, 4.69) is 5.32 Å². The minimum atomic E-state index is 0.280. The van der Waals surface area contributed by atoms with E-state index in [1.54, 1.807) is 31.3 Å². The van der Waals surface area contributed by atoms with Crippen molar-refractivity contribution in [1.82, 2.24) is 5.32 Å². The van der Waals surface area contributed by atoms with Crippen molar-refractivity contribution in [3.63, 3.8) is 0 Å². The molecule has 0 amide bonds. The van der Waals surface area contributed by atoms with Crippen LogP contribution in [0.4, 0.5) is 5.69 Å². The molecule has 0 saturated heterocycles. The van der Waals surface area contributed by atoms with Crippen LogP contribution in [0, 0.1) is 0 Å². The van der Waals surface area contributed by atoms with Gasteiger partial charge in [-0.2, -0.15) is 0 Å². The van der Waals surface area contributed by atoms with Gasteiger partial charge in [0.1, 0.15) is 5.75 Å². The fourth-order valence-electron chi connectivity index (χ4n) is 0.602. The van der Waals surface area contributed by atoms with E-state index in [-0.39, 0.29) is 5.75 Å². The zero-order chi connectivity index (χ0) is 6.69. The third-order valence-electron chi connectivity index (χ3n) is 1.11. The first-order chi connectivity index (χ1) is 4.33. The van der Waals surface area contributed by atoms with Gasteiger partial charge in [-0.05, 0) is 24.3 Å². The molecule has 1 aromatic carbocycles. The van der Waals surface area contributed by atoms with E-state index in [4.69, 9.17) is 5.11 Å². The summed E-state index contributed by atoms with van der Waals surface area (Å²) >= 11 is 0. The van der Waals surface area contributed by atoms with Gasteiger partial charge in [-0.25, -0.2) is 0 Å². The van der Waals surface area contributed by atoms with E-state index < -0.39 is 0 Å². The molecule has 47 valence electrons. The van der Waals surface area contributed by atoms with Crippen LogP contribution in [0.5, 0.6) is 5.75 Å². The van der Waals surface area contributed by atoms with Gasteiger partial charge < -0.3 is 5.11 Å². The maximum Gasteiger partial charge on any atom is 0.115 e. The number of benzene rings is 1. The summed E-state index contributed by atoms with van der Waals surface area (Å²) in [5.74, 6) is 0.280. The maximum absolute atomic E-state index is 8.81. The summed E-state index contributed by atoms with van der Waals surface area (Å²) < 4.78 is 0. The molecule has 0 aliphatic carbocycles. The zero-order valence-electron chi connectivity index (χ0n) is 5.20. The molecule has 1 radical (unpaired) electrons. The maximum atomic E-state index is 8.81. The molecule has 2 nitrogen and oxygen atoms in total. The summed E-state index contributed by atoms with van der Waals surface area (Å²) in [5, 5.41) is 12.7. The highest BCUT2D eigenvalue weighted by Gasteiger charge is 1.87. The molecular formula is C7H8NO. The standard InChI is InChI=1S/C7H8NO/c1-8-6-2-4-7(9)5-3-6/h2-5,9H,1H3. The Bertz CT molecular complexity index is 181. The Hall–Kier alpha value is -1.18. The second kappa shape index (κ2) is 2.40. The Kier molecular flexibility index (Phi) is 1.58. The van der Waals surface area contributed by atoms with Crippen molar-refractivity contribution in [2.75, 3.05) is 7.05 Å². The average Bonchev–Trinajstić information content (AvgIpc) is 1.90. The van der Waals surface area contributed by atoms with E-state index in [1.165, 1.54) is 0 Å². The summed E-state index contributed by atoms with van der Waals surface area (Å²) in [6.45, 7) is 0. The molecule has 0 saturated carbocycles. The van der Waals surface area contributed by atoms with Crippen LogP contribution in [-0.2, 0) is 0 Å². The molecule has 0 heterocycles. The molecule has 0 fully saturated rings. The Morgan fingerprint density at radius 1 is 1.22 bits per heavy atom. The third kappa shape index (κ3) is 1.35. The fraction of sp³-hybridized carbons (Fsp3) is 0.143. The van der Waals surface area contributed by atoms with Gasteiger partial charge in [0.25, 0.3) is 0 Å². The van der Waals surface area contributed by atoms with Crippen molar-refractivity contribution >= 4 is 5.69 Å². The molecule has 9 heavy (non-hydrogen) atoms. The molecule has 1 aromatic rings. The van der Waals surface area contributed by atoms with Crippen LogP contribution in [0.25, 0.3) is 0 Å². The smallest absolute Gasteiger partial charge is 0.115 e. The molecule has 0 aliphatic rings. The number of hydrogen-bond acceptors (Lipinski definition) is 1. The molecule has 0 atom stereocenters. The van der Waals surface area contributed by atoms with E-state index in [1.807, 2.05) is 0 Å². The van der Waals surface area contributed by atoms with E-state index in [0.717, 1.165) is 5.69 Å². The normalized spacial score (nSPS) is 9.00. The second-order valence-electron chi connectivity index (χ2n) is 1.74. The summed E-state index contributed by atoms with van der Waals surface area (Å²) in [6, 6.07) is 6.75. The van der Waals surface area contributed by atoms with Crippen LogP contribution in [0.3, 0.4) is 0 Å². The highest BCUT2D eigenvalue weighted by atomic mass is 16.3. The highest BCUT2D eigenvalue weighted by Crippen LogP contribution is 2.12. The number of phenols is 1. The molecule has 0 bridgehead atoms. The summed E-state index contributed by atoms with van der Waals surface area (Å²) in [7, 11) is 1.71. The number of hydrogen-bond donors (Lipinski definition) is 1. The molecule has 0 unspecified atom stereocenters. The number of nitrogens with zero attached hydrogens (tertiary/aromatic N) is 1. The lowest BCUT2D eigenvalue weighted by molar-refractivity contribution is 0.475. The second-order valence-corrected chi connectivity index (χ2v) is 1.74. The number of rotatable bonds is 1. The first-order valence-electron chi connectivity index (χ1n) is 2.72. The Morgan fingerprint density at radius 2 is 1.78 bits per heavy atom. The lowest BCUT2D eigenvalue weighted by atomic mass is 10.3. The predicted octanol–water partition coefficient (Wildman–Crippen LogP) is 1.26. The van der Waals surface area contributed by atoms with Crippen LogP contribution in [0.1, 0.15) is 0 Å². The Labute approximate surface area is 54.1 Å². The van der Waals surface area contributed by atoms with Crippen molar-refractivity contribution in [2.24, 2.45) is 0 Å². The van der Waals surface area contributed by atoms with Crippen molar-refractivity contribution in [3.05, 3.63) is 24.3 Å². The first-order valence-corrected chi connectivity index (χ1v) is 2.72. The molecular weight excluding hydrogens is 114 g/mol. The lowest BCUT2D eigenvalue weighted by Crippen LogP contribution is -1.83. The molecule has 2 heteroatoms. The van der Waals surface area contributed by atoms with Gasteiger partial charge in [-0.15, -0.1) is 0 Å². The summed E-state index contributed by atoms with van der Waals surface area (Å²) in [5.41, 5.74) is 0.882. The molecule has 0 aliphatic heterocycles. The van der Waals surface area contributed by atoms with Gasteiger partial charge in [0.15, 0.2) is 0 Å². The van der Waals surface area contributed by atoms with Gasteiger partial charge in [0.2, 0.25) is 0 Å². The summed E-state index contributed by atoms with van der Waals surface area (Å²) in [4.78, 5) is 0. The van der Waals surface area contributed by atoms with Gasteiger partial charge in [0, 0.05) is 7.05 Å². The number of aromatic hydroxyl groups is 1. The van der Waals surface area contributed by atoms with Crippen LogP contribution < -0.4 is 5.32 Å². The highest BCUT2D eigenvalue weighted by molar-refractivity contribution is 5.39. The van der Waals surface area contributed by atoms with E-state index >= 15 is 0 Å². The molecule has 0 aromatic heterocycles. The van der Waals surface area contributed by atoms with E-state index in [0.29, 0.717) is 0 Å². The zero-order valence-corrected chi connectivity index (χ0v) is 5.20. The molecule has 1 rings (SSSR count). The lowest BCUT2D eigenvalue weighted by Gasteiger charge is -1.94. The van der Waals surface area contributed by atoms with Crippen molar-refractivity contribution in [1.29, 1.82) is 0 Å². The van der Waals surface area contributed by atoms with Crippen LogP contribution in [-0.4, -0.2) is 12.2 Å². The SMILES string of the molecule is C[N]c1ccc(O)cc1. The van der Waals surface area contributed by atoms with Gasteiger partial charge in [0.05, 0.1) is 5.69 Å². The largest absolute Gasteiger partial charge is 0.508 e. The Balaban J connectivity index is 2.88.